The zero-order valence-corrected chi connectivity index (χ0v) is 18.9. The Labute approximate surface area is 183 Å². The van der Waals surface area contributed by atoms with E-state index in [-0.39, 0.29) is 18.5 Å². The number of aromatic nitrogens is 2. The minimum absolute atomic E-state index is 0.103. The van der Waals surface area contributed by atoms with Crippen LogP contribution in [0.15, 0.2) is 42.5 Å². The van der Waals surface area contributed by atoms with E-state index in [4.69, 9.17) is 9.47 Å². The van der Waals surface area contributed by atoms with Gasteiger partial charge in [0, 0.05) is 11.6 Å². The molecular formula is C24H30N4O3. The first kappa shape index (κ1) is 22.4. The van der Waals surface area contributed by atoms with Crippen molar-refractivity contribution < 1.29 is 14.3 Å². The van der Waals surface area contributed by atoms with Crippen molar-refractivity contribution in [2.75, 3.05) is 26.1 Å². The summed E-state index contributed by atoms with van der Waals surface area (Å²) < 4.78 is 12.6. The van der Waals surface area contributed by atoms with Gasteiger partial charge in [-0.15, -0.1) is 0 Å². The molecule has 0 fully saturated rings. The number of carbonyl (C=O) groups excluding carboxylic acids is 1. The SMILES string of the molecule is COc1ccc(OC)c(C(C)NCC(=O)Nc2c(C)nn(-c3ccc(C)cc3)c2C)c1. The summed E-state index contributed by atoms with van der Waals surface area (Å²) in [4.78, 5) is 12.7. The van der Waals surface area contributed by atoms with Gasteiger partial charge in [0.2, 0.25) is 5.91 Å². The Kier molecular flexibility index (Phi) is 6.97. The number of anilines is 1. The lowest BCUT2D eigenvalue weighted by molar-refractivity contribution is -0.115. The summed E-state index contributed by atoms with van der Waals surface area (Å²) in [5.74, 6) is 1.35. The van der Waals surface area contributed by atoms with Crippen LogP contribution in [0.25, 0.3) is 5.69 Å². The highest BCUT2D eigenvalue weighted by atomic mass is 16.5. The molecule has 7 nitrogen and oxygen atoms in total. The summed E-state index contributed by atoms with van der Waals surface area (Å²) in [6.45, 7) is 8.02. The Hall–Kier alpha value is -3.32. The van der Waals surface area contributed by atoms with Gasteiger partial charge >= 0.3 is 0 Å². The van der Waals surface area contributed by atoms with E-state index in [1.807, 2.05) is 74.8 Å². The van der Waals surface area contributed by atoms with E-state index in [1.165, 1.54) is 5.56 Å². The van der Waals surface area contributed by atoms with Crippen LogP contribution in [-0.4, -0.2) is 36.5 Å². The number of methoxy groups -OCH3 is 2. The minimum atomic E-state index is -0.136. The number of hydrogen-bond donors (Lipinski definition) is 2. The van der Waals surface area contributed by atoms with Gasteiger partial charge in [0.05, 0.1) is 43.5 Å². The molecule has 2 aromatic carbocycles. The monoisotopic (exact) mass is 422 g/mol. The second kappa shape index (κ2) is 9.66. The van der Waals surface area contributed by atoms with Crippen molar-refractivity contribution in [2.45, 2.75) is 33.7 Å². The summed E-state index contributed by atoms with van der Waals surface area (Å²) >= 11 is 0. The number of hydrogen-bond acceptors (Lipinski definition) is 5. The van der Waals surface area contributed by atoms with Crippen LogP contribution in [0.4, 0.5) is 5.69 Å². The number of aryl methyl sites for hydroxylation is 2. The van der Waals surface area contributed by atoms with Gasteiger partial charge in [0.25, 0.3) is 0 Å². The molecule has 7 heteroatoms. The predicted molar refractivity (Wildman–Crippen MR) is 122 cm³/mol. The third kappa shape index (κ3) is 5.06. The highest BCUT2D eigenvalue weighted by molar-refractivity contribution is 5.93. The molecule has 0 radical (unpaired) electrons. The topological polar surface area (TPSA) is 77.4 Å². The molecule has 164 valence electrons. The first-order chi connectivity index (χ1) is 14.8. The second-order valence-electron chi connectivity index (χ2n) is 7.55. The fourth-order valence-electron chi connectivity index (χ4n) is 3.48. The molecule has 0 saturated heterocycles. The van der Waals surface area contributed by atoms with Gasteiger partial charge in [-0.2, -0.15) is 5.10 Å². The van der Waals surface area contributed by atoms with Gasteiger partial charge in [-0.25, -0.2) is 4.68 Å². The van der Waals surface area contributed by atoms with Crippen LogP contribution in [-0.2, 0) is 4.79 Å². The minimum Gasteiger partial charge on any atom is -0.497 e. The van der Waals surface area contributed by atoms with Crippen molar-refractivity contribution in [3.8, 4) is 17.2 Å². The maximum absolute atomic E-state index is 12.7. The average Bonchev–Trinajstić information content (AvgIpc) is 3.05. The van der Waals surface area contributed by atoms with Crippen LogP contribution in [0.1, 0.15) is 35.5 Å². The van der Waals surface area contributed by atoms with Crippen LogP contribution in [0.5, 0.6) is 11.5 Å². The molecule has 1 unspecified atom stereocenters. The zero-order valence-electron chi connectivity index (χ0n) is 18.9. The standard InChI is InChI=1S/C24H30N4O3/c1-15-7-9-19(10-8-15)28-18(4)24(17(3)27-28)26-23(29)14-25-16(2)21-13-20(30-5)11-12-22(21)31-6/h7-13,16,25H,14H2,1-6H3,(H,26,29). The van der Waals surface area contributed by atoms with E-state index in [2.05, 4.69) is 15.7 Å². The Morgan fingerprint density at radius 1 is 1.06 bits per heavy atom. The van der Waals surface area contributed by atoms with E-state index in [1.54, 1.807) is 14.2 Å². The number of ether oxygens (including phenoxy) is 2. The molecule has 0 aliphatic rings. The first-order valence-electron chi connectivity index (χ1n) is 10.2. The number of rotatable bonds is 8. The van der Waals surface area contributed by atoms with Crippen LogP contribution < -0.4 is 20.1 Å². The normalized spacial score (nSPS) is 11.8. The summed E-state index contributed by atoms with van der Waals surface area (Å²) in [6, 6.07) is 13.6. The summed E-state index contributed by atoms with van der Waals surface area (Å²) in [6.07, 6.45) is 0. The third-order valence-electron chi connectivity index (χ3n) is 5.31. The number of nitrogens with one attached hydrogen (secondary N) is 2. The molecule has 0 bridgehead atoms. The first-order valence-corrected chi connectivity index (χ1v) is 10.2. The highest BCUT2D eigenvalue weighted by Gasteiger charge is 2.17. The van der Waals surface area contributed by atoms with Crippen molar-refractivity contribution in [1.82, 2.24) is 15.1 Å². The van der Waals surface area contributed by atoms with E-state index >= 15 is 0 Å². The fraction of sp³-hybridized carbons (Fsp3) is 0.333. The number of carbonyl (C=O) groups is 1. The molecule has 0 spiro atoms. The molecular weight excluding hydrogens is 392 g/mol. The van der Waals surface area contributed by atoms with Crippen LogP contribution in [0.2, 0.25) is 0 Å². The fourth-order valence-corrected chi connectivity index (χ4v) is 3.48. The Morgan fingerprint density at radius 3 is 2.42 bits per heavy atom. The molecule has 1 aromatic heterocycles. The number of nitrogens with zero attached hydrogens (tertiary/aromatic N) is 2. The van der Waals surface area contributed by atoms with Crippen LogP contribution in [0.3, 0.4) is 0 Å². The Morgan fingerprint density at radius 2 is 1.77 bits per heavy atom. The van der Waals surface area contributed by atoms with Crippen LogP contribution in [0, 0.1) is 20.8 Å². The van der Waals surface area contributed by atoms with Crippen molar-refractivity contribution in [1.29, 1.82) is 0 Å². The summed E-state index contributed by atoms with van der Waals surface area (Å²) in [5, 5.41) is 10.8. The lowest BCUT2D eigenvalue weighted by Gasteiger charge is -2.18. The Balaban J connectivity index is 1.68. The number of amides is 1. The molecule has 31 heavy (non-hydrogen) atoms. The molecule has 1 amide bonds. The molecule has 3 rings (SSSR count). The van der Waals surface area contributed by atoms with E-state index in [0.29, 0.717) is 0 Å². The zero-order chi connectivity index (χ0) is 22.5. The number of benzene rings is 2. The van der Waals surface area contributed by atoms with Gasteiger partial charge in [-0.3, -0.25) is 4.79 Å². The average molecular weight is 423 g/mol. The van der Waals surface area contributed by atoms with Gasteiger partial charge < -0.3 is 20.1 Å². The lowest BCUT2D eigenvalue weighted by Crippen LogP contribution is -2.30. The second-order valence-corrected chi connectivity index (χ2v) is 7.55. The molecule has 2 N–H and O–H groups in total. The largest absolute Gasteiger partial charge is 0.497 e. The molecule has 1 atom stereocenters. The van der Waals surface area contributed by atoms with E-state index in [0.717, 1.165) is 39.8 Å². The van der Waals surface area contributed by atoms with E-state index < -0.39 is 0 Å². The van der Waals surface area contributed by atoms with Gasteiger partial charge in [-0.1, -0.05) is 17.7 Å². The molecule has 3 aromatic rings. The molecule has 0 aliphatic carbocycles. The molecule has 1 heterocycles. The maximum Gasteiger partial charge on any atom is 0.238 e. The van der Waals surface area contributed by atoms with Gasteiger partial charge in [-0.05, 0) is 58.0 Å². The summed E-state index contributed by atoms with van der Waals surface area (Å²) in [5.41, 5.74) is 5.47. The summed E-state index contributed by atoms with van der Waals surface area (Å²) in [7, 11) is 3.25. The van der Waals surface area contributed by atoms with Crippen molar-refractivity contribution >= 4 is 11.6 Å². The van der Waals surface area contributed by atoms with Crippen molar-refractivity contribution in [3.63, 3.8) is 0 Å². The van der Waals surface area contributed by atoms with Crippen molar-refractivity contribution in [2.24, 2.45) is 0 Å². The highest BCUT2D eigenvalue weighted by Crippen LogP contribution is 2.29. The van der Waals surface area contributed by atoms with Crippen LogP contribution >= 0.6 is 0 Å². The third-order valence-corrected chi connectivity index (χ3v) is 5.31. The molecule has 0 aliphatic heterocycles. The quantitative estimate of drug-likeness (QED) is 0.571. The Bertz CT molecular complexity index is 1060. The maximum atomic E-state index is 12.7. The predicted octanol–water partition coefficient (Wildman–Crippen LogP) is 4.10. The molecule has 0 saturated carbocycles. The smallest absolute Gasteiger partial charge is 0.238 e. The van der Waals surface area contributed by atoms with Gasteiger partial charge in [0.15, 0.2) is 0 Å². The van der Waals surface area contributed by atoms with Gasteiger partial charge in [0.1, 0.15) is 11.5 Å². The lowest BCUT2D eigenvalue weighted by atomic mass is 10.1. The van der Waals surface area contributed by atoms with E-state index in [9.17, 15) is 4.79 Å². The van der Waals surface area contributed by atoms with Crippen molar-refractivity contribution in [3.05, 3.63) is 65.0 Å².